The van der Waals surface area contributed by atoms with Crippen molar-refractivity contribution in [3.8, 4) is 0 Å². The molecule has 3 atom stereocenters. The molecule has 0 N–H and O–H groups in total. The molecule has 2 saturated carbocycles. The molecule has 2 heterocycles. The summed E-state index contributed by atoms with van der Waals surface area (Å²) in [6.07, 6.45) is 5.97. The first-order valence-electron chi connectivity index (χ1n) is 9.16. The molecule has 2 aliphatic carbocycles. The minimum Gasteiger partial charge on any atom is -0.466 e. The van der Waals surface area contributed by atoms with E-state index in [0.29, 0.717) is 24.3 Å². The van der Waals surface area contributed by atoms with Gasteiger partial charge in [0.25, 0.3) is 0 Å². The van der Waals surface area contributed by atoms with E-state index in [2.05, 4.69) is 24.0 Å². The van der Waals surface area contributed by atoms with E-state index >= 15 is 0 Å². The Hall–Kier alpha value is -1.29. The number of nitrogens with zero attached hydrogens (tertiary/aromatic N) is 1. The average molecular weight is 317 g/mol. The SMILES string of the molecule is C[C@@H]1C[C@H]1c1ccc(CCC(=O)N(C[C@@H]2CCOC2)C2CC2)o1. The first kappa shape index (κ1) is 15.3. The normalized spacial score (nSPS) is 29.7. The zero-order valence-electron chi connectivity index (χ0n) is 14.0. The van der Waals surface area contributed by atoms with E-state index in [1.165, 1.54) is 19.3 Å². The highest BCUT2D eigenvalue weighted by Crippen LogP contribution is 2.47. The second kappa shape index (κ2) is 6.31. The molecule has 3 fully saturated rings. The van der Waals surface area contributed by atoms with E-state index in [1.807, 2.05) is 0 Å². The summed E-state index contributed by atoms with van der Waals surface area (Å²) < 4.78 is 11.4. The van der Waals surface area contributed by atoms with Crippen LogP contribution in [0.15, 0.2) is 16.5 Å². The van der Waals surface area contributed by atoms with Crippen molar-refractivity contribution in [2.45, 2.75) is 57.4 Å². The fourth-order valence-corrected chi connectivity index (χ4v) is 3.67. The first-order valence-corrected chi connectivity index (χ1v) is 9.16. The summed E-state index contributed by atoms with van der Waals surface area (Å²) in [7, 11) is 0. The lowest BCUT2D eigenvalue weighted by atomic mass is 10.1. The molecule has 3 aliphatic rings. The van der Waals surface area contributed by atoms with Crippen molar-refractivity contribution in [1.82, 2.24) is 4.90 Å². The minimum absolute atomic E-state index is 0.289. The molecule has 4 rings (SSSR count). The minimum atomic E-state index is 0.289. The number of hydrogen-bond donors (Lipinski definition) is 0. The Morgan fingerprint density at radius 1 is 1.30 bits per heavy atom. The highest BCUT2D eigenvalue weighted by Gasteiger charge is 2.37. The van der Waals surface area contributed by atoms with Gasteiger partial charge in [-0.15, -0.1) is 0 Å². The molecule has 1 aliphatic heterocycles. The molecule has 1 aromatic rings. The van der Waals surface area contributed by atoms with Crippen LogP contribution in [0.4, 0.5) is 0 Å². The van der Waals surface area contributed by atoms with E-state index < -0.39 is 0 Å². The molecule has 1 amide bonds. The van der Waals surface area contributed by atoms with Gasteiger partial charge in [-0.1, -0.05) is 6.92 Å². The van der Waals surface area contributed by atoms with Gasteiger partial charge in [-0.05, 0) is 43.7 Å². The standard InChI is InChI=1S/C19H27NO3/c1-13-10-17(13)18-6-4-16(23-18)5-7-19(21)20(15-2-3-15)11-14-8-9-22-12-14/h4,6,13-15,17H,2-3,5,7-12H2,1H3/t13-,14+,17-/m1/s1. The predicted molar refractivity (Wildman–Crippen MR) is 87.2 cm³/mol. The van der Waals surface area contributed by atoms with Crippen molar-refractivity contribution in [1.29, 1.82) is 0 Å². The summed E-state index contributed by atoms with van der Waals surface area (Å²) in [6, 6.07) is 4.64. The molecule has 4 nitrogen and oxygen atoms in total. The van der Waals surface area contributed by atoms with Crippen molar-refractivity contribution < 1.29 is 13.9 Å². The van der Waals surface area contributed by atoms with Gasteiger partial charge >= 0.3 is 0 Å². The van der Waals surface area contributed by atoms with Crippen molar-refractivity contribution in [2.24, 2.45) is 11.8 Å². The second-order valence-electron chi connectivity index (χ2n) is 7.63. The molecule has 23 heavy (non-hydrogen) atoms. The van der Waals surface area contributed by atoms with Gasteiger partial charge in [-0.25, -0.2) is 0 Å². The maximum absolute atomic E-state index is 12.6. The van der Waals surface area contributed by atoms with Crippen LogP contribution in [0, 0.1) is 11.8 Å². The summed E-state index contributed by atoms with van der Waals surface area (Å²) in [5.74, 6) is 4.28. The van der Waals surface area contributed by atoms with Gasteiger partial charge in [0.2, 0.25) is 5.91 Å². The lowest BCUT2D eigenvalue weighted by Crippen LogP contribution is -2.37. The van der Waals surface area contributed by atoms with Crippen molar-refractivity contribution in [3.63, 3.8) is 0 Å². The second-order valence-corrected chi connectivity index (χ2v) is 7.63. The Kier molecular flexibility index (Phi) is 4.18. The number of carbonyl (C=O) groups excluding carboxylic acids is 1. The van der Waals surface area contributed by atoms with Crippen LogP contribution in [0.25, 0.3) is 0 Å². The third-order valence-corrected chi connectivity index (χ3v) is 5.53. The summed E-state index contributed by atoms with van der Waals surface area (Å²) in [5, 5.41) is 0. The Balaban J connectivity index is 1.29. The average Bonchev–Trinajstić information content (AvgIpc) is 3.40. The van der Waals surface area contributed by atoms with Gasteiger partial charge in [0.05, 0.1) is 6.61 Å². The molecule has 0 spiro atoms. The summed E-state index contributed by atoms with van der Waals surface area (Å²) >= 11 is 0. The maximum atomic E-state index is 12.6. The van der Waals surface area contributed by atoms with Crippen LogP contribution in [0.3, 0.4) is 0 Å². The van der Waals surface area contributed by atoms with Crippen LogP contribution >= 0.6 is 0 Å². The molecule has 0 radical (unpaired) electrons. The largest absolute Gasteiger partial charge is 0.466 e. The highest BCUT2D eigenvalue weighted by atomic mass is 16.5. The van der Waals surface area contributed by atoms with Crippen LogP contribution in [-0.2, 0) is 16.0 Å². The van der Waals surface area contributed by atoms with Crippen molar-refractivity contribution in [3.05, 3.63) is 23.7 Å². The number of rotatable bonds is 7. The molecule has 4 heteroatoms. The smallest absolute Gasteiger partial charge is 0.223 e. The topological polar surface area (TPSA) is 42.7 Å². The molecule has 0 unspecified atom stereocenters. The number of aryl methyl sites for hydroxylation is 1. The van der Waals surface area contributed by atoms with Crippen LogP contribution in [-0.4, -0.2) is 36.6 Å². The lowest BCUT2D eigenvalue weighted by molar-refractivity contribution is -0.132. The zero-order valence-corrected chi connectivity index (χ0v) is 14.0. The summed E-state index contributed by atoms with van der Waals surface area (Å²) in [6.45, 7) is 4.81. The van der Waals surface area contributed by atoms with E-state index in [0.717, 1.165) is 50.0 Å². The third kappa shape index (κ3) is 3.63. The Bertz CT molecular complexity index is 557. The van der Waals surface area contributed by atoms with Crippen LogP contribution in [0.5, 0.6) is 0 Å². The number of carbonyl (C=O) groups is 1. The van der Waals surface area contributed by atoms with Crippen molar-refractivity contribution >= 4 is 5.91 Å². The Morgan fingerprint density at radius 2 is 2.13 bits per heavy atom. The Labute approximate surface area is 138 Å². The molecule has 0 bridgehead atoms. The number of amides is 1. The summed E-state index contributed by atoms with van der Waals surface area (Å²) in [5.41, 5.74) is 0. The van der Waals surface area contributed by atoms with Gasteiger partial charge < -0.3 is 14.1 Å². The van der Waals surface area contributed by atoms with Gasteiger partial charge in [0, 0.05) is 43.9 Å². The highest BCUT2D eigenvalue weighted by molar-refractivity contribution is 5.77. The first-order chi connectivity index (χ1) is 11.2. The monoisotopic (exact) mass is 317 g/mol. The van der Waals surface area contributed by atoms with Crippen LogP contribution in [0.1, 0.15) is 56.5 Å². The van der Waals surface area contributed by atoms with Gasteiger partial charge in [-0.3, -0.25) is 4.79 Å². The summed E-state index contributed by atoms with van der Waals surface area (Å²) in [4.78, 5) is 14.8. The van der Waals surface area contributed by atoms with Crippen LogP contribution < -0.4 is 0 Å². The van der Waals surface area contributed by atoms with Crippen LogP contribution in [0.2, 0.25) is 0 Å². The van der Waals surface area contributed by atoms with Gasteiger partial charge in [0.1, 0.15) is 11.5 Å². The molecular weight excluding hydrogens is 290 g/mol. The number of hydrogen-bond acceptors (Lipinski definition) is 3. The lowest BCUT2D eigenvalue weighted by Gasteiger charge is -2.25. The molecule has 1 saturated heterocycles. The number of furan rings is 1. The fraction of sp³-hybridized carbons (Fsp3) is 0.737. The number of ether oxygens (including phenoxy) is 1. The Morgan fingerprint density at radius 3 is 2.78 bits per heavy atom. The predicted octanol–water partition coefficient (Wildman–Crippen LogP) is 3.36. The van der Waals surface area contributed by atoms with Gasteiger partial charge in [-0.2, -0.15) is 0 Å². The fourth-order valence-electron chi connectivity index (χ4n) is 3.67. The van der Waals surface area contributed by atoms with Crippen molar-refractivity contribution in [2.75, 3.05) is 19.8 Å². The third-order valence-electron chi connectivity index (χ3n) is 5.53. The van der Waals surface area contributed by atoms with E-state index in [-0.39, 0.29) is 5.91 Å². The maximum Gasteiger partial charge on any atom is 0.223 e. The van der Waals surface area contributed by atoms with E-state index in [4.69, 9.17) is 9.15 Å². The van der Waals surface area contributed by atoms with E-state index in [9.17, 15) is 4.79 Å². The zero-order chi connectivity index (χ0) is 15.8. The van der Waals surface area contributed by atoms with E-state index in [1.54, 1.807) is 0 Å². The van der Waals surface area contributed by atoms with Gasteiger partial charge in [0.15, 0.2) is 0 Å². The quantitative estimate of drug-likeness (QED) is 0.774. The molecule has 1 aromatic heterocycles. The molecule has 126 valence electrons. The molecular formula is C19H27NO3. The molecule has 0 aromatic carbocycles.